The highest BCUT2D eigenvalue weighted by molar-refractivity contribution is 5.32. The van der Waals surface area contributed by atoms with Crippen LogP contribution in [0.3, 0.4) is 0 Å². The van der Waals surface area contributed by atoms with Gasteiger partial charge in [0.1, 0.15) is 17.4 Å². The summed E-state index contributed by atoms with van der Waals surface area (Å²) < 4.78 is 31.6. The summed E-state index contributed by atoms with van der Waals surface area (Å²) in [5.41, 5.74) is 0.828. The summed E-state index contributed by atoms with van der Waals surface area (Å²) in [4.78, 5) is 4.08. The molecule has 0 unspecified atom stereocenters. The first-order valence-electron chi connectivity index (χ1n) is 5.97. The minimum atomic E-state index is -0.681. The Morgan fingerprint density at radius 2 is 1.95 bits per heavy atom. The number of nitrogens with one attached hydrogen (secondary N) is 1. The minimum absolute atomic E-state index is 0.0916. The molecule has 2 aromatic rings. The minimum Gasteiger partial charge on any atom is -0.438 e. The molecule has 0 saturated heterocycles. The molecule has 0 atom stereocenters. The third-order valence-corrected chi connectivity index (χ3v) is 2.47. The van der Waals surface area contributed by atoms with Crippen LogP contribution in [0.2, 0.25) is 0 Å². The smallest absolute Gasteiger partial charge is 0.223 e. The standard InChI is InChI=1S/C14H14F2N2O/c1-2-17-9-10-4-3-5-18-14(10)19-13-7-11(15)6-12(16)8-13/h3-8,17H,2,9H2,1H3. The molecule has 19 heavy (non-hydrogen) atoms. The Morgan fingerprint density at radius 1 is 1.21 bits per heavy atom. The molecule has 0 aliphatic carbocycles. The van der Waals surface area contributed by atoms with Crippen molar-refractivity contribution in [3.8, 4) is 11.6 Å². The van der Waals surface area contributed by atoms with Gasteiger partial charge in [-0.3, -0.25) is 0 Å². The van der Waals surface area contributed by atoms with Crippen molar-refractivity contribution < 1.29 is 13.5 Å². The van der Waals surface area contributed by atoms with E-state index in [0.29, 0.717) is 12.4 Å². The van der Waals surface area contributed by atoms with E-state index in [4.69, 9.17) is 4.74 Å². The van der Waals surface area contributed by atoms with Crippen molar-refractivity contribution in [1.82, 2.24) is 10.3 Å². The fourth-order valence-electron chi connectivity index (χ4n) is 1.61. The van der Waals surface area contributed by atoms with Crippen LogP contribution >= 0.6 is 0 Å². The fourth-order valence-corrected chi connectivity index (χ4v) is 1.61. The van der Waals surface area contributed by atoms with E-state index >= 15 is 0 Å². The first-order valence-corrected chi connectivity index (χ1v) is 5.97. The Bertz CT molecular complexity index is 541. The largest absolute Gasteiger partial charge is 0.438 e. The second-order valence-electron chi connectivity index (χ2n) is 3.96. The maximum atomic E-state index is 13.1. The highest BCUT2D eigenvalue weighted by Gasteiger charge is 2.07. The van der Waals surface area contributed by atoms with Crippen LogP contribution in [0.1, 0.15) is 12.5 Å². The van der Waals surface area contributed by atoms with E-state index in [2.05, 4.69) is 10.3 Å². The molecule has 0 aliphatic rings. The van der Waals surface area contributed by atoms with Gasteiger partial charge in [0, 0.05) is 36.5 Å². The average molecular weight is 264 g/mol. The highest BCUT2D eigenvalue weighted by atomic mass is 19.1. The van der Waals surface area contributed by atoms with Crippen LogP contribution in [0.4, 0.5) is 8.78 Å². The monoisotopic (exact) mass is 264 g/mol. The number of pyridine rings is 1. The maximum absolute atomic E-state index is 13.1. The number of benzene rings is 1. The lowest BCUT2D eigenvalue weighted by atomic mass is 10.2. The molecule has 0 radical (unpaired) electrons. The molecule has 0 saturated carbocycles. The zero-order valence-corrected chi connectivity index (χ0v) is 10.5. The summed E-state index contributed by atoms with van der Waals surface area (Å²) in [6.07, 6.45) is 1.57. The molecule has 0 spiro atoms. The molecule has 1 aromatic heterocycles. The van der Waals surface area contributed by atoms with Gasteiger partial charge in [0.2, 0.25) is 5.88 Å². The summed E-state index contributed by atoms with van der Waals surface area (Å²) in [5, 5.41) is 3.15. The van der Waals surface area contributed by atoms with Crippen LogP contribution in [0.15, 0.2) is 36.5 Å². The first kappa shape index (κ1) is 13.4. The molecule has 0 bridgehead atoms. The SMILES string of the molecule is CCNCc1cccnc1Oc1cc(F)cc(F)c1. The number of halogens is 2. The van der Waals surface area contributed by atoms with E-state index in [1.807, 2.05) is 13.0 Å². The van der Waals surface area contributed by atoms with Gasteiger partial charge in [0.25, 0.3) is 0 Å². The lowest BCUT2D eigenvalue weighted by Crippen LogP contribution is -2.12. The van der Waals surface area contributed by atoms with Gasteiger partial charge >= 0.3 is 0 Å². The van der Waals surface area contributed by atoms with Crippen LogP contribution in [0, 0.1) is 11.6 Å². The van der Waals surface area contributed by atoms with E-state index in [1.165, 1.54) is 0 Å². The normalized spacial score (nSPS) is 10.5. The zero-order chi connectivity index (χ0) is 13.7. The Hall–Kier alpha value is -2.01. The second kappa shape index (κ2) is 6.24. The van der Waals surface area contributed by atoms with Gasteiger partial charge in [0.05, 0.1) is 0 Å². The number of hydrogen-bond acceptors (Lipinski definition) is 3. The van der Waals surface area contributed by atoms with Gasteiger partial charge in [-0.05, 0) is 12.6 Å². The van der Waals surface area contributed by atoms with Crippen molar-refractivity contribution in [2.45, 2.75) is 13.5 Å². The molecular weight excluding hydrogens is 250 g/mol. The number of aromatic nitrogens is 1. The van der Waals surface area contributed by atoms with Crippen LogP contribution in [0.5, 0.6) is 11.6 Å². The van der Waals surface area contributed by atoms with Crippen LogP contribution in [-0.2, 0) is 6.54 Å². The maximum Gasteiger partial charge on any atom is 0.223 e. The van der Waals surface area contributed by atoms with Crippen molar-refractivity contribution in [2.75, 3.05) is 6.54 Å². The number of nitrogens with zero attached hydrogens (tertiary/aromatic N) is 1. The predicted molar refractivity (Wildman–Crippen MR) is 68.0 cm³/mol. The molecule has 1 N–H and O–H groups in total. The van der Waals surface area contributed by atoms with E-state index in [1.54, 1.807) is 12.3 Å². The Balaban J connectivity index is 2.22. The topological polar surface area (TPSA) is 34.2 Å². The summed E-state index contributed by atoms with van der Waals surface area (Å²) in [6.45, 7) is 3.37. The molecule has 1 aromatic carbocycles. The van der Waals surface area contributed by atoms with Gasteiger partial charge in [-0.25, -0.2) is 13.8 Å². The van der Waals surface area contributed by atoms with E-state index in [0.717, 1.165) is 30.3 Å². The van der Waals surface area contributed by atoms with Gasteiger partial charge in [-0.1, -0.05) is 13.0 Å². The zero-order valence-electron chi connectivity index (χ0n) is 10.5. The molecule has 3 nitrogen and oxygen atoms in total. The lowest BCUT2D eigenvalue weighted by Gasteiger charge is -2.10. The molecule has 0 fully saturated rings. The molecule has 1 heterocycles. The third-order valence-electron chi connectivity index (χ3n) is 2.47. The molecule has 100 valence electrons. The number of rotatable bonds is 5. The van der Waals surface area contributed by atoms with E-state index < -0.39 is 11.6 Å². The lowest BCUT2D eigenvalue weighted by molar-refractivity contribution is 0.443. The highest BCUT2D eigenvalue weighted by Crippen LogP contribution is 2.24. The van der Waals surface area contributed by atoms with Gasteiger partial charge in [-0.2, -0.15) is 0 Å². The Kier molecular flexibility index (Phi) is 4.41. The van der Waals surface area contributed by atoms with Crippen molar-refractivity contribution in [1.29, 1.82) is 0 Å². The molecular formula is C14H14F2N2O. The average Bonchev–Trinajstić information content (AvgIpc) is 2.36. The quantitative estimate of drug-likeness (QED) is 0.900. The van der Waals surface area contributed by atoms with Crippen molar-refractivity contribution >= 4 is 0 Å². The molecule has 5 heteroatoms. The molecule has 0 amide bonds. The van der Waals surface area contributed by atoms with Gasteiger partial charge in [-0.15, -0.1) is 0 Å². The summed E-state index contributed by atoms with van der Waals surface area (Å²) in [5.74, 6) is -0.930. The second-order valence-corrected chi connectivity index (χ2v) is 3.96. The van der Waals surface area contributed by atoms with Crippen LogP contribution < -0.4 is 10.1 Å². The van der Waals surface area contributed by atoms with Crippen LogP contribution in [0.25, 0.3) is 0 Å². The van der Waals surface area contributed by atoms with E-state index in [-0.39, 0.29) is 5.75 Å². The van der Waals surface area contributed by atoms with Crippen molar-refractivity contribution in [3.63, 3.8) is 0 Å². The summed E-state index contributed by atoms with van der Waals surface area (Å²) in [6, 6.07) is 6.67. The Morgan fingerprint density at radius 3 is 2.63 bits per heavy atom. The third kappa shape index (κ3) is 3.72. The predicted octanol–water partition coefficient (Wildman–Crippen LogP) is 3.26. The van der Waals surface area contributed by atoms with Gasteiger partial charge < -0.3 is 10.1 Å². The van der Waals surface area contributed by atoms with Crippen molar-refractivity contribution in [2.24, 2.45) is 0 Å². The van der Waals surface area contributed by atoms with Crippen molar-refractivity contribution in [3.05, 3.63) is 53.7 Å². The van der Waals surface area contributed by atoms with Crippen LogP contribution in [-0.4, -0.2) is 11.5 Å². The summed E-state index contributed by atoms with van der Waals surface area (Å²) in [7, 11) is 0. The molecule has 0 aliphatic heterocycles. The van der Waals surface area contributed by atoms with Gasteiger partial charge in [0.15, 0.2) is 0 Å². The molecule has 2 rings (SSSR count). The Labute approximate surface area is 110 Å². The fraction of sp³-hybridized carbons (Fsp3) is 0.214. The first-order chi connectivity index (χ1) is 9.19. The number of ether oxygens (including phenoxy) is 1. The number of hydrogen-bond donors (Lipinski definition) is 1. The van der Waals surface area contributed by atoms with E-state index in [9.17, 15) is 8.78 Å². The summed E-state index contributed by atoms with van der Waals surface area (Å²) >= 11 is 0.